The highest BCUT2D eigenvalue weighted by Gasteiger charge is 2.34. The fraction of sp³-hybridized carbons (Fsp3) is 0.250. The third-order valence-electron chi connectivity index (χ3n) is 2.49. The lowest BCUT2D eigenvalue weighted by atomic mass is 10.1. The summed E-state index contributed by atoms with van der Waals surface area (Å²) >= 11 is 0. The number of carbonyl (C=O) groups excluding carboxylic acids is 2. The zero-order valence-electron chi connectivity index (χ0n) is 10.8. The van der Waals surface area contributed by atoms with E-state index in [0.29, 0.717) is 0 Å². The van der Waals surface area contributed by atoms with E-state index in [2.05, 4.69) is 0 Å². The van der Waals surface area contributed by atoms with Gasteiger partial charge in [-0.2, -0.15) is 0 Å². The quantitative estimate of drug-likeness (QED) is 0.794. The van der Waals surface area contributed by atoms with Gasteiger partial charge in [0.1, 0.15) is 0 Å². The molecule has 1 aromatic carbocycles. The zero-order valence-corrected chi connectivity index (χ0v) is 8.84. The number of aliphatic carboxylic acids is 1. The highest BCUT2D eigenvalue weighted by atomic mass is 16.4. The molecule has 0 fully saturated rings. The minimum atomic E-state index is -2.46. The Morgan fingerprint density at radius 2 is 1.76 bits per heavy atom. The minimum Gasteiger partial charge on any atom is -0.481 e. The predicted molar refractivity (Wildman–Crippen MR) is 58.7 cm³/mol. The molecule has 1 aliphatic rings. The molecule has 0 atom stereocenters. The first-order valence-electron chi connectivity index (χ1n) is 6.03. The highest BCUT2D eigenvalue weighted by Crippen LogP contribution is 2.22. The van der Waals surface area contributed by atoms with Gasteiger partial charge in [0.05, 0.1) is 11.1 Å². The molecular formula is C12H11NO4. The van der Waals surface area contributed by atoms with Crippen molar-refractivity contribution in [3.63, 3.8) is 0 Å². The fourth-order valence-electron chi connectivity index (χ4n) is 1.72. The highest BCUT2D eigenvalue weighted by molar-refractivity contribution is 6.21. The van der Waals surface area contributed by atoms with Crippen molar-refractivity contribution in [3.05, 3.63) is 35.4 Å². The molecule has 0 bridgehead atoms. The molecule has 5 heteroatoms. The van der Waals surface area contributed by atoms with Gasteiger partial charge in [-0.05, 0) is 18.6 Å². The molecule has 0 aromatic heterocycles. The molecule has 1 aliphatic heterocycles. The lowest BCUT2D eigenvalue weighted by Gasteiger charge is -2.12. The van der Waals surface area contributed by atoms with Gasteiger partial charge in [0.2, 0.25) is 0 Å². The van der Waals surface area contributed by atoms with E-state index < -0.39 is 30.6 Å². The van der Waals surface area contributed by atoms with Crippen molar-refractivity contribution in [2.45, 2.75) is 12.8 Å². The van der Waals surface area contributed by atoms with E-state index in [-0.39, 0.29) is 17.7 Å². The maximum absolute atomic E-state index is 11.9. The van der Waals surface area contributed by atoms with Crippen LogP contribution in [0.25, 0.3) is 0 Å². The number of imide groups is 1. The number of carboxylic acids is 1. The average Bonchev–Trinajstić information content (AvgIpc) is 2.60. The summed E-state index contributed by atoms with van der Waals surface area (Å²) in [5.74, 6) is -2.63. The molecule has 0 radical (unpaired) electrons. The summed E-state index contributed by atoms with van der Waals surface area (Å²) in [4.78, 5) is 35.4. The van der Waals surface area contributed by atoms with E-state index in [9.17, 15) is 14.4 Å². The second kappa shape index (κ2) is 4.37. The summed E-state index contributed by atoms with van der Waals surface area (Å²) < 4.78 is 14.5. The molecule has 2 amide bonds. The number of rotatable bonds is 4. The first-order chi connectivity index (χ1) is 8.84. The summed E-state index contributed by atoms with van der Waals surface area (Å²) in [5, 5.41) is 8.66. The Morgan fingerprint density at radius 1 is 1.24 bits per heavy atom. The summed E-state index contributed by atoms with van der Waals surface area (Å²) in [6.07, 6.45) is -2.90. The van der Waals surface area contributed by atoms with Gasteiger partial charge in [-0.25, -0.2) is 0 Å². The predicted octanol–water partition coefficient (Wildman–Crippen LogP) is 1.15. The molecule has 17 heavy (non-hydrogen) atoms. The molecule has 2 rings (SSSR count). The normalized spacial score (nSPS) is 16.6. The maximum Gasteiger partial charge on any atom is 0.303 e. The molecule has 0 spiro atoms. The summed E-state index contributed by atoms with van der Waals surface area (Å²) in [7, 11) is 0. The smallest absolute Gasteiger partial charge is 0.303 e. The van der Waals surface area contributed by atoms with E-state index in [1.54, 1.807) is 12.1 Å². The number of hydrogen-bond donors (Lipinski definition) is 1. The molecule has 0 saturated carbocycles. The Kier molecular flexibility index (Phi) is 2.29. The van der Waals surface area contributed by atoms with Crippen LogP contribution in [0.15, 0.2) is 24.3 Å². The van der Waals surface area contributed by atoms with Gasteiger partial charge in [-0.1, -0.05) is 12.1 Å². The molecule has 1 heterocycles. The average molecular weight is 235 g/mol. The number of nitrogens with zero attached hydrogens (tertiary/aromatic N) is 1. The molecular weight excluding hydrogens is 222 g/mol. The second-order valence-electron chi connectivity index (χ2n) is 3.54. The van der Waals surface area contributed by atoms with Crippen LogP contribution in [0.1, 0.15) is 36.3 Å². The van der Waals surface area contributed by atoms with Gasteiger partial charge < -0.3 is 5.11 Å². The summed E-state index contributed by atoms with van der Waals surface area (Å²) in [5.41, 5.74) is 0.534. The summed E-state index contributed by atoms with van der Waals surface area (Å²) in [6.45, 7) is -0.258. The van der Waals surface area contributed by atoms with Crippen molar-refractivity contribution in [3.8, 4) is 0 Å². The molecule has 5 nitrogen and oxygen atoms in total. The van der Waals surface area contributed by atoms with E-state index in [4.69, 9.17) is 7.85 Å². The molecule has 0 saturated heterocycles. The largest absolute Gasteiger partial charge is 0.481 e. The molecule has 1 aromatic rings. The first-order valence-corrected chi connectivity index (χ1v) is 5.03. The Morgan fingerprint density at radius 3 is 2.24 bits per heavy atom. The zero-order chi connectivity index (χ0) is 14.2. The lowest BCUT2D eigenvalue weighted by molar-refractivity contribution is -0.137. The minimum absolute atomic E-state index is 0.258. The number of carboxylic acid groups (broad SMARTS) is 1. The fourth-order valence-corrected chi connectivity index (χ4v) is 1.72. The molecule has 88 valence electrons. The lowest BCUT2D eigenvalue weighted by Crippen LogP contribution is -2.31. The third-order valence-corrected chi connectivity index (χ3v) is 2.49. The van der Waals surface area contributed by atoms with E-state index >= 15 is 0 Å². The Hall–Kier alpha value is -2.17. The van der Waals surface area contributed by atoms with E-state index in [1.807, 2.05) is 0 Å². The van der Waals surface area contributed by atoms with Crippen LogP contribution in [0, 0.1) is 0 Å². The topological polar surface area (TPSA) is 74.7 Å². The van der Waals surface area contributed by atoms with Crippen LogP contribution in [-0.4, -0.2) is 34.3 Å². The number of benzene rings is 1. The van der Waals surface area contributed by atoms with Gasteiger partial charge in [-0.15, -0.1) is 0 Å². The van der Waals surface area contributed by atoms with Crippen molar-refractivity contribution >= 4 is 17.8 Å². The van der Waals surface area contributed by atoms with E-state index in [0.717, 1.165) is 4.90 Å². The van der Waals surface area contributed by atoms with Gasteiger partial charge >= 0.3 is 5.97 Å². The van der Waals surface area contributed by atoms with Crippen LogP contribution < -0.4 is 0 Å². The first kappa shape index (κ1) is 8.92. The number of fused-ring (bicyclic) bond motifs is 1. The van der Waals surface area contributed by atoms with Crippen molar-refractivity contribution < 1.29 is 22.2 Å². The van der Waals surface area contributed by atoms with E-state index in [1.165, 1.54) is 12.1 Å². The van der Waals surface area contributed by atoms with Crippen LogP contribution >= 0.6 is 0 Å². The van der Waals surface area contributed by atoms with Crippen LogP contribution in [-0.2, 0) is 4.79 Å². The molecule has 1 N–H and O–H groups in total. The second-order valence-corrected chi connectivity index (χ2v) is 3.54. The SMILES string of the molecule is [2H]C([2H])(CCN1C(=O)c2ccccc2C1=O)C(=O)O. The van der Waals surface area contributed by atoms with Gasteiger partial charge in [0.15, 0.2) is 0 Å². The van der Waals surface area contributed by atoms with Crippen molar-refractivity contribution in [1.82, 2.24) is 4.90 Å². The number of carbonyl (C=O) groups is 3. The third kappa shape index (κ3) is 2.04. The Bertz CT molecular complexity index is 536. The van der Waals surface area contributed by atoms with Crippen LogP contribution in [0.2, 0.25) is 0 Å². The van der Waals surface area contributed by atoms with Gasteiger partial charge in [0.25, 0.3) is 11.8 Å². The van der Waals surface area contributed by atoms with Crippen LogP contribution in [0.5, 0.6) is 0 Å². The molecule has 0 aliphatic carbocycles. The number of hydrogen-bond acceptors (Lipinski definition) is 3. The summed E-state index contributed by atoms with van der Waals surface area (Å²) in [6, 6.07) is 6.29. The van der Waals surface area contributed by atoms with Gasteiger partial charge in [0, 0.05) is 15.7 Å². The van der Waals surface area contributed by atoms with Crippen LogP contribution in [0.4, 0.5) is 0 Å². The van der Waals surface area contributed by atoms with Crippen LogP contribution in [0.3, 0.4) is 0 Å². The standard InChI is InChI=1S/C12H11NO4/c14-10(15)6-3-7-13-11(16)8-4-1-2-5-9(8)12(13)17/h1-2,4-5H,3,6-7H2,(H,14,15)/i6D2. The Balaban J connectivity index is 2.15. The number of amides is 2. The molecule has 0 unspecified atom stereocenters. The maximum atomic E-state index is 11.9. The van der Waals surface area contributed by atoms with Crippen molar-refractivity contribution in [1.29, 1.82) is 0 Å². The van der Waals surface area contributed by atoms with Crippen molar-refractivity contribution in [2.75, 3.05) is 6.54 Å². The monoisotopic (exact) mass is 235 g/mol. The van der Waals surface area contributed by atoms with Crippen molar-refractivity contribution in [2.24, 2.45) is 0 Å². The van der Waals surface area contributed by atoms with Gasteiger partial charge in [-0.3, -0.25) is 19.3 Å². The Labute approximate surface area is 100 Å².